The fourth-order valence-electron chi connectivity index (χ4n) is 10.9. The lowest BCUT2D eigenvalue weighted by Gasteiger charge is -2.32. The molecule has 2 heteroatoms. The average molecular weight is 801 g/mol. The van der Waals surface area contributed by atoms with Crippen LogP contribution >= 0.6 is 0 Å². The molecule has 1 heterocycles. The summed E-state index contributed by atoms with van der Waals surface area (Å²) in [5.41, 5.74) is 21.8. The molecule has 2 aliphatic rings. The molecule has 0 fully saturated rings. The van der Waals surface area contributed by atoms with Gasteiger partial charge in [-0.25, -0.2) is 0 Å². The van der Waals surface area contributed by atoms with Crippen LogP contribution in [-0.4, -0.2) is 4.57 Å². The molecule has 0 bridgehead atoms. The van der Waals surface area contributed by atoms with Crippen molar-refractivity contribution in [2.75, 3.05) is 4.90 Å². The predicted molar refractivity (Wildman–Crippen MR) is 263 cm³/mol. The molecule has 63 heavy (non-hydrogen) atoms. The standard InChI is InChI=1S/C61H40N2/c1-3-15-41(16-4-1)42-27-32-46(33-28-42)62(47-34-29-43(30-35-47)44-31-37-54-53-22-10-14-26-59(53)63(60(54)39-44)45-17-5-2-6-18-45)48-36-38-52-51-21-9-13-25-57(51)61(58(52)40-48)55-23-11-7-19-49(55)50-20-8-12-24-56(50)61/h1-40H. The first kappa shape index (κ1) is 35.5. The quantitative estimate of drug-likeness (QED) is 0.163. The van der Waals surface area contributed by atoms with Crippen molar-refractivity contribution in [2.45, 2.75) is 5.41 Å². The van der Waals surface area contributed by atoms with E-state index in [1.165, 1.54) is 88.6 Å². The van der Waals surface area contributed by atoms with Gasteiger partial charge >= 0.3 is 0 Å². The van der Waals surface area contributed by atoms with Gasteiger partial charge in [0.15, 0.2) is 0 Å². The molecule has 2 aliphatic carbocycles. The van der Waals surface area contributed by atoms with E-state index in [4.69, 9.17) is 0 Å². The van der Waals surface area contributed by atoms with Crippen molar-refractivity contribution >= 4 is 38.9 Å². The van der Waals surface area contributed by atoms with Crippen LogP contribution < -0.4 is 4.90 Å². The third-order valence-electron chi connectivity index (χ3n) is 13.6. The molecule has 0 unspecified atom stereocenters. The molecule has 0 aliphatic heterocycles. The number of aromatic nitrogens is 1. The highest BCUT2D eigenvalue weighted by Crippen LogP contribution is 2.63. The Labute approximate surface area is 367 Å². The minimum absolute atomic E-state index is 0.428. The second kappa shape index (κ2) is 13.9. The summed E-state index contributed by atoms with van der Waals surface area (Å²) in [6.45, 7) is 0. The van der Waals surface area contributed by atoms with Crippen molar-refractivity contribution in [2.24, 2.45) is 0 Å². The van der Waals surface area contributed by atoms with Crippen molar-refractivity contribution in [1.82, 2.24) is 4.57 Å². The van der Waals surface area contributed by atoms with Crippen LogP contribution in [0.1, 0.15) is 22.3 Å². The lowest BCUT2D eigenvalue weighted by Crippen LogP contribution is -2.26. The molecule has 1 spiro atoms. The van der Waals surface area contributed by atoms with Crippen LogP contribution in [0.25, 0.3) is 72.0 Å². The molecule has 0 saturated carbocycles. The second-order valence-electron chi connectivity index (χ2n) is 16.8. The third kappa shape index (κ3) is 5.25. The molecule has 0 N–H and O–H groups in total. The van der Waals surface area contributed by atoms with Crippen LogP contribution in [0.3, 0.4) is 0 Å². The van der Waals surface area contributed by atoms with E-state index in [1.54, 1.807) is 0 Å². The first-order valence-electron chi connectivity index (χ1n) is 21.8. The molecule has 13 rings (SSSR count). The molecule has 294 valence electrons. The summed E-state index contributed by atoms with van der Waals surface area (Å²) in [4.78, 5) is 2.43. The molecule has 1 aromatic heterocycles. The highest BCUT2D eigenvalue weighted by molar-refractivity contribution is 6.10. The minimum atomic E-state index is -0.428. The Bertz CT molecular complexity index is 3480. The fraction of sp³-hybridized carbons (Fsp3) is 0.0164. The van der Waals surface area contributed by atoms with E-state index in [9.17, 15) is 0 Å². The van der Waals surface area contributed by atoms with E-state index in [0.29, 0.717) is 0 Å². The lowest BCUT2D eigenvalue weighted by molar-refractivity contribution is 0.793. The number of nitrogens with zero attached hydrogens (tertiary/aromatic N) is 2. The van der Waals surface area contributed by atoms with E-state index in [2.05, 4.69) is 252 Å². The Morgan fingerprint density at radius 1 is 0.286 bits per heavy atom. The molecule has 10 aromatic carbocycles. The Morgan fingerprint density at radius 2 is 0.730 bits per heavy atom. The Kier molecular flexibility index (Phi) is 7.85. The Balaban J connectivity index is 0.976. The van der Waals surface area contributed by atoms with Gasteiger partial charge < -0.3 is 9.47 Å². The maximum Gasteiger partial charge on any atom is 0.0726 e. The van der Waals surface area contributed by atoms with Gasteiger partial charge in [0.25, 0.3) is 0 Å². The summed E-state index contributed by atoms with van der Waals surface area (Å²) < 4.78 is 2.39. The summed E-state index contributed by atoms with van der Waals surface area (Å²) in [6.07, 6.45) is 0. The second-order valence-corrected chi connectivity index (χ2v) is 16.8. The monoisotopic (exact) mass is 800 g/mol. The van der Waals surface area contributed by atoms with Crippen LogP contribution in [0.4, 0.5) is 17.1 Å². The summed E-state index contributed by atoms with van der Waals surface area (Å²) in [7, 11) is 0. The zero-order valence-corrected chi connectivity index (χ0v) is 34.5. The van der Waals surface area contributed by atoms with Gasteiger partial charge in [0, 0.05) is 33.5 Å². The zero-order valence-electron chi connectivity index (χ0n) is 34.5. The van der Waals surface area contributed by atoms with Gasteiger partial charge in [-0.2, -0.15) is 0 Å². The SMILES string of the molecule is c1ccc(-c2ccc(N(c3ccc(-c4ccc5c6ccccc6n(-c6ccccc6)c5c4)cc3)c3ccc4c(c3)C3(c5ccccc5-c5ccccc53)c3ccccc3-4)cc2)cc1. The van der Waals surface area contributed by atoms with Crippen LogP contribution in [-0.2, 0) is 5.41 Å². The van der Waals surface area contributed by atoms with Crippen LogP contribution in [0.5, 0.6) is 0 Å². The van der Waals surface area contributed by atoms with Crippen molar-refractivity contribution in [3.63, 3.8) is 0 Å². The Morgan fingerprint density at radius 3 is 1.35 bits per heavy atom. The lowest BCUT2D eigenvalue weighted by atomic mass is 9.70. The number of fused-ring (bicyclic) bond motifs is 13. The van der Waals surface area contributed by atoms with Crippen LogP contribution in [0, 0.1) is 0 Å². The number of rotatable bonds is 6. The zero-order chi connectivity index (χ0) is 41.5. The molecular formula is C61H40N2. The van der Waals surface area contributed by atoms with Crippen molar-refractivity contribution in [3.05, 3.63) is 265 Å². The summed E-state index contributed by atoms with van der Waals surface area (Å²) in [5, 5.41) is 2.51. The van der Waals surface area contributed by atoms with Gasteiger partial charge in [0.05, 0.1) is 16.4 Å². The maximum atomic E-state index is 2.48. The smallest absolute Gasteiger partial charge is 0.0726 e. The van der Waals surface area contributed by atoms with Crippen LogP contribution in [0.15, 0.2) is 243 Å². The van der Waals surface area contributed by atoms with Crippen molar-refractivity contribution in [3.8, 4) is 50.2 Å². The van der Waals surface area contributed by atoms with Gasteiger partial charge in [-0.15, -0.1) is 0 Å². The minimum Gasteiger partial charge on any atom is -0.310 e. The normalized spacial score (nSPS) is 12.9. The molecule has 2 nitrogen and oxygen atoms in total. The number of hydrogen-bond acceptors (Lipinski definition) is 1. The average Bonchev–Trinajstić information content (AvgIpc) is 3.96. The van der Waals surface area contributed by atoms with Gasteiger partial charge in [0.2, 0.25) is 0 Å². The van der Waals surface area contributed by atoms with E-state index >= 15 is 0 Å². The number of benzene rings is 10. The van der Waals surface area contributed by atoms with E-state index in [-0.39, 0.29) is 0 Å². The first-order chi connectivity index (χ1) is 31.3. The van der Waals surface area contributed by atoms with E-state index in [1.807, 2.05) is 0 Å². The van der Waals surface area contributed by atoms with E-state index in [0.717, 1.165) is 22.7 Å². The molecular weight excluding hydrogens is 761 g/mol. The predicted octanol–water partition coefficient (Wildman–Crippen LogP) is 15.9. The number of hydrogen-bond donors (Lipinski definition) is 0. The molecule has 0 amide bonds. The Hall–Kier alpha value is -8.20. The molecule has 0 atom stereocenters. The van der Waals surface area contributed by atoms with Crippen molar-refractivity contribution < 1.29 is 0 Å². The summed E-state index contributed by atoms with van der Waals surface area (Å²) in [5.74, 6) is 0. The van der Waals surface area contributed by atoms with Gasteiger partial charge in [-0.05, 0) is 127 Å². The van der Waals surface area contributed by atoms with E-state index < -0.39 is 5.41 Å². The largest absolute Gasteiger partial charge is 0.310 e. The summed E-state index contributed by atoms with van der Waals surface area (Å²) in [6, 6.07) is 89.4. The summed E-state index contributed by atoms with van der Waals surface area (Å²) >= 11 is 0. The van der Waals surface area contributed by atoms with Gasteiger partial charge in [-0.3, -0.25) is 0 Å². The number of anilines is 3. The number of para-hydroxylation sites is 2. The molecule has 0 saturated heterocycles. The topological polar surface area (TPSA) is 8.17 Å². The maximum absolute atomic E-state index is 2.48. The van der Waals surface area contributed by atoms with Gasteiger partial charge in [-0.1, -0.05) is 182 Å². The molecule has 0 radical (unpaired) electrons. The van der Waals surface area contributed by atoms with Crippen LogP contribution in [0.2, 0.25) is 0 Å². The van der Waals surface area contributed by atoms with Gasteiger partial charge in [0.1, 0.15) is 0 Å². The van der Waals surface area contributed by atoms with Crippen molar-refractivity contribution in [1.29, 1.82) is 0 Å². The fourth-order valence-corrected chi connectivity index (χ4v) is 10.9. The highest BCUT2D eigenvalue weighted by atomic mass is 15.1. The first-order valence-corrected chi connectivity index (χ1v) is 21.8. The molecule has 11 aromatic rings. The third-order valence-corrected chi connectivity index (χ3v) is 13.6. The highest BCUT2D eigenvalue weighted by Gasteiger charge is 2.51.